The van der Waals surface area contributed by atoms with Crippen molar-refractivity contribution in [2.75, 3.05) is 26.0 Å². The van der Waals surface area contributed by atoms with Crippen molar-refractivity contribution in [3.8, 4) is 0 Å². The summed E-state index contributed by atoms with van der Waals surface area (Å²) in [6, 6.07) is 8.37. The van der Waals surface area contributed by atoms with Gasteiger partial charge in [-0.1, -0.05) is 24.3 Å². The molecule has 0 spiro atoms. The number of fused-ring (bicyclic) bond motifs is 1. The number of aromatic nitrogens is 2. The summed E-state index contributed by atoms with van der Waals surface area (Å²) in [7, 11) is -3.27. The summed E-state index contributed by atoms with van der Waals surface area (Å²) in [6.45, 7) is 3.00. The van der Waals surface area contributed by atoms with Crippen molar-refractivity contribution in [2.24, 2.45) is 0 Å². The van der Waals surface area contributed by atoms with Crippen molar-refractivity contribution in [3.63, 3.8) is 0 Å². The van der Waals surface area contributed by atoms with Crippen LogP contribution in [0, 0.1) is 0 Å². The number of rotatable bonds is 3. The molecule has 0 unspecified atom stereocenters. The maximum atomic E-state index is 11.8. The monoisotopic (exact) mass is 377 g/mol. The molecule has 4 rings (SSSR count). The molecule has 7 nitrogen and oxygen atoms in total. The largest absolute Gasteiger partial charge is 0.421 e. The Bertz CT molecular complexity index is 911. The molecule has 8 heteroatoms. The molecule has 0 N–H and O–H groups in total. The van der Waals surface area contributed by atoms with Crippen molar-refractivity contribution >= 4 is 10.0 Å². The summed E-state index contributed by atoms with van der Waals surface area (Å²) in [5.74, 6) is 0.914. The minimum absolute atomic E-state index is 0.202. The van der Waals surface area contributed by atoms with Gasteiger partial charge < -0.3 is 9.15 Å². The van der Waals surface area contributed by atoms with E-state index in [9.17, 15) is 8.42 Å². The predicted molar refractivity (Wildman–Crippen MR) is 95.2 cm³/mol. The zero-order valence-electron chi connectivity index (χ0n) is 15.0. The third-order valence-corrected chi connectivity index (χ3v) is 6.69. The Balaban J connectivity index is 1.63. The van der Waals surface area contributed by atoms with Gasteiger partial charge in [0.1, 0.15) is 6.10 Å². The van der Waals surface area contributed by atoms with Crippen molar-refractivity contribution in [3.05, 3.63) is 47.2 Å². The number of ether oxygens (including phenoxy) is 1. The highest BCUT2D eigenvalue weighted by Crippen LogP contribution is 2.42. The lowest BCUT2D eigenvalue weighted by molar-refractivity contribution is -0.0180. The molecule has 0 saturated carbocycles. The Morgan fingerprint density at radius 2 is 2.08 bits per heavy atom. The van der Waals surface area contributed by atoms with Gasteiger partial charge in [-0.15, -0.1) is 10.2 Å². The second-order valence-corrected chi connectivity index (χ2v) is 9.25. The van der Waals surface area contributed by atoms with Gasteiger partial charge in [-0.05, 0) is 37.3 Å². The average molecular weight is 377 g/mol. The van der Waals surface area contributed by atoms with Crippen LogP contribution < -0.4 is 0 Å². The molecule has 0 amide bonds. The van der Waals surface area contributed by atoms with E-state index in [1.54, 1.807) is 0 Å². The normalized spacial score (nSPS) is 27.2. The molecule has 1 aliphatic carbocycles. The first-order chi connectivity index (χ1) is 12.4. The van der Waals surface area contributed by atoms with E-state index < -0.39 is 16.1 Å². The zero-order chi connectivity index (χ0) is 18.4. The van der Waals surface area contributed by atoms with Gasteiger partial charge in [0.15, 0.2) is 0 Å². The van der Waals surface area contributed by atoms with Crippen LogP contribution in [-0.4, -0.2) is 48.9 Å². The molecular weight excluding hydrogens is 354 g/mol. The smallest absolute Gasteiger partial charge is 0.246 e. The van der Waals surface area contributed by atoms with Crippen LogP contribution in [0.1, 0.15) is 48.8 Å². The fourth-order valence-electron chi connectivity index (χ4n) is 3.93. The molecule has 2 atom stereocenters. The first kappa shape index (κ1) is 17.6. The van der Waals surface area contributed by atoms with Crippen LogP contribution in [0.25, 0.3) is 0 Å². The van der Waals surface area contributed by atoms with E-state index in [1.165, 1.54) is 21.7 Å². The van der Waals surface area contributed by atoms with E-state index in [1.807, 2.05) is 6.07 Å². The second-order valence-electron chi connectivity index (χ2n) is 7.27. The molecule has 1 fully saturated rings. The summed E-state index contributed by atoms with van der Waals surface area (Å²) in [5.41, 5.74) is 2.22. The maximum Gasteiger partial charge on any atom is 0.246 e. The third-order valence-electron chi connectivity index (χ3n) is 5.42. The van der Waals surface area contributed by atoms with Gasteiger partial charge >= 0.3 is 0 Å². The van der Waals surface area contributed by atoms with Crippen LogP contribution in [0.15, 0.2) is 28.7 Å². The van der Waals surface area contributed by atoms with Crippen molar-refractivity contribution in [1.29, 1.82) is 0 Å². The number of hydrogen-bond acceptors (Lipinski definition) is 6. The molecule has 1 aromatic heterocycles. The molecule has 140 valence electrons. The minimum Gasteiger partial charge on any atom is -0.421 e. The Labute approximate surface area is 153 Å². The quantitative estimate of drug-likeness (QED) is 0.814. The highest BCUT2D eigenvalue weighted by atomic mass is 32.2. The number of aryl methyl sites for hydroxylation is 1. The SMILES string of the molecule is C[C@]1(c2nnc([C@H]3CN(S(C)(=O)=O)CCO3)o2)CCCc2ccccc21. The van der Waals surface area contributed by atoms with Gasteiger partial charge in [0.05, 0.1) is 18.3 Å². The summed E-state index contributed by atoms with van der Waals surface area (Å²) in [5, 5.41) is 8.49. The fraction of sp³-hybridized carbons (Fsp3) is 0.556. The first-order valence-corrected chi connectivity index (χ1v) is 10.7. The zero-order valence-corrected chi connectivity index (χ0v) is 15.8. The first-order valence-electron chi connectivity index (χ1n) is 8.87. The lowest BCUT2D eigenvalue weighted by Gasteiger charge is -2.33. The summed E-state index contributed by atoms with van der Waals surface area (Å²) in [6.07, 6.45) is 3.73. The van der Waals surface area contributed by atoms with E-state index in [0.717, 1.165) is 19.3 Å². The van der Waals surface area contributed by atoms with Crippen LogP contribution in [0.3, 0.4) is 0 Å². The molecule has 2 aromatic rings. The van der Waals surface area contributed by atoms with E-state index in [-0.39, 0.29) is 12.0 Å². The number of morpholine rings is 1. The average Bonchev–Trinajstić information content (AvgIpc) is 3.13. The van der Waals surface area contributed by atoms with E-state index in [4.69, 9.17) is 9.15 Å². The van der Waals surface area contributed by atoms with E-state index >= 15 is 0 Å². The van der Waals surface area contributed by atoms with Crippen molar-refractivity contribution in [1.82, 2.24) is 14.5 Å². The van der Waals surface area contributed by atoms with Gasteiger partial charge in [-0.25, -0.2) is 8.42 Å². The predicted octanol–water partition coefficient (Wildman–Crippen LogP) is 2.04. The topological polar surface area (TPSA) is 85.5 Å². The van der Waals surface area contributed by atoms with E-state index in [2.05, 4.69) is 35.3 Å². The maximum absolute atomic E-state index is 11.8. The van der Waals surface area contributed by atoms with Gasteiger partial charge in [0, 0.05) is 13.1 Å². The molecule has 26 heavy (non-hydrogen) atoms. The van der Waals surface area contributed by atoms with Gasteiger partial charge in [-0.2, -0.15) is 4.31 Å². The number of nitrogens with zero attached hydrogens (tertiary/aromatic N) is 3. The van der Waals surface area contributed by atoms with Crippen LogP contribution in [-0.2, 0) is 26.6 Å². The van der Waals surface area contributed by atoms with E-state index in [0.29, 0.717) is 24.9 Å². The number of benzene rings is 1. The van der Waals surface area contributed by atoms with Gasteiger partial charge in [0.25, 0.3) is 0 Å². The molecular formula is C18H23N3O4S. The van der Waals surface area contributed by atoms with Crippen LogP contribution in [0.5, 0.6) is 0 Å². The van der Waals surface area contributed by atoms with Crippen molar-refractivity contribution in [2.45, 2.75) is 37.7 Å². The van der Waals surface area contributed by atoms with Crippen molar-refractivity contribution < 1.29 is 17.6 Å². The summed E-state index contributed by atoms with van der Waals surface area (Å²) in [4.78, 5) is 0. The van der Waals surface area contributed by atoms with Crippen LogP contribution in [0.4, 0.5) is 0 Å². The molecule has 0 radical (unpaired) electrons. The lowest BCUT2D eigenvalue weighted by Crippen LogP contribution is -2.41. The highest BCUT2D eigenvalue weighted by Gasteiger charge is 2.39. The molecule has 0 bridgehead atoms. The second kappa shape index (κ2) is 6.44. The van der Waals surface area contributed by atoms with Gasteiger partial charge in [0.2, 0.25) is 21.8 Å². The highest BCUT2D eigenvalue weighted by molar-refractivity contribution is 7.88. The molecule has 1 aliphatic heterocycles. The molecule has 2 aliphatic rings. The number of hydrogen-bond donors (Lipinski definition) is 0. The van der Waals surface area contributed by atoms with Gasteiger partial charge in [-0.3, -0.25) is 0 Å². The Morgan fingerprint density at radius 3 is 2.88 bits per heavy atom. The summed E-state index contributed by atoms with van der Waals surface area (Å²) < 4.78 is 36.7. The standard InChI is InChI=1S/C18H23N3O4S/c1-18(9-5-7-13-6-3-4-8-14(13)18)17-20-19-16(25-17)15-12-21(10-11-24-15)26(2,22)23/h3-4,6,8,15H,5,7,9-12H2,1-2H3/t15-,18+/m1/s1. The number of sulfonamides is 1. The Hall–Kier alpha value is -1.77. The molecule has 2 heterocycles. The Kier molecular flexibility index (Phi) is 4.37. The Morgan fingerprint density at radius 1 is 1.27 bits per heavy atom. The van der Waals surface area contributed by atoms with Crippen LogP contribution >= 0.6 is 0 Å². The fourth-order valence-corrected chi connectivity index (χ4v) is 4.74. The lowest BCUT2D eigenvalue weighted by atomic mass is 9.71. The third kappa shape index (κ3) is 3.06. The molecule has 1 aromatic carbocycles. The minimum atomic E-state index is -3.27. The molecule has 1 saturated heterocycles. The van der Waals surface area contributed by atoms with Crippen LogP contribution in [0.2, 0.25) is 0 Å². The summed E-state index contributed by atoms with van der Waals surface area (Å²) >= 11 is 0.